The number of nitrogens with zero attached hydrogens (tertiary/aromatic N) is 2. The number of hydrogen-bond donors (Lipinski definition) is 1. The maximum Gasteiger partial charge on any atom is 0.0443 e. The number of hydrogen-bond acceptors (Lipinski definition) is 4. The van der Waals surface area contributed by atoms with Gasteiger partial charge >= 0.3 is 0 Å². The second-order valence-corrected chi connectivity index (χ2v) is 6.95. The Balaban J connectivity index is 1.73. The van der Waals surface area contributed by atoms with Gasteiger partial charge in [-0.25, -0.2) is 0 Å². The molecule has 0 spiro atoms. The quantitative estimate of drug-likeness (QED) is 0.867. The maximum atomic E-state index is 8.89. The number of piperidine rings is 1. The van der Waals surface area contributed by atoms with Crippen LogP contribution in [0.2, 0.25) is 0 Å². The van der Waals surface area contributed by atoms with E-state index >= 15 is 0 Å². The zero-order valence-corrected chi connectivity index (χ0v) is 13.0. The second kappa shape index (κ2) is 7.39. The molecule has 0 radical (unpaired) electrons. The first-order valence-corrected chi connectivity index (χ1v) is 8.09. The van der Waals surface area contributed by atoms with Gasteiger partial charge in [0.2, 0.25) is 0 Å². The SMILES string of the molecule is Cc1ccc(CN2CCC(N(C)CCCO)CC2)s1. The molecule has 0 atom stereocenters. The molecule has 1 saturated heterocycles. The third kappa shape index (κ3) is 4.56. The van der Waals surface area contributed by atoms with Crippen molar-refractivity contribution >= 4 is 11.3 Å². The van der Waals surface area contributed by atoms with Crippen LogP contribution in [0.5, 0.6) is 0 Å². The number of rotatable bonds is 6. The summed E-state index contributed by atoms with van der Waals surface area (Å²) in [4.78, 5) is 7.89. The second-order valence-electron chi connectivity index (χ2n) is 5.58. The van der Waals surface area contributed by atoms with E-state index in [0.29, 0.717) is 12.6 Å². The van der Waals surface area contributed by atoms with Gasteiger partial charge in [0, 0.05) is 48.6 Å². The smallest absolute Gasteiger partial charge is 0.0443 e. The summed E-state index contributed by atoms with van der Waals surface area (Å²) in [7, 11) is 2.19. The molecule has 108 valence electrons. The van der Waals surface area contributed by atoms with Crippen LogP contribution in [0.3, 0.4) is 0 Å². The molecule has 1 aromatic heterocycles. The molecule has 2 rings (SSSR count). The van der Waals surface area contributed by atoms with Crippen LogP contribution in [0.25, 0.3) is 0 Å². The van der Waals surface area contributed by atoms with E-state index in [2.05, 4.69) is 35.9 Å². The Kier molecular flexibility index (Phi) is 5.82. The molecule has 4 heteroatoms. The Morgan fingerprint density at radius 2 is 2.11 bits per heavy atom. The van der Waals surface area contributed by atoms with Crippen molar-refractivity contribution in [2.75, 3.05) is 33.3 Å². The number of likely N-dealkylation sites (tertiary alicyclic amines) is 1. The van der Waals surface area contributed by atoms with E-state index < -0.39 is 0 Å². The van der Waals surface area contributed by atoms with Gasteiger partial charge in [0.1, 0.15) is 0 Å². The largest absolute Gasteiger partial charge is 0.396 e. The highest BCUT2D eigenvalue weighted by atomic mass is 32.1. The predicted octanol–water partition coefficient (Wildman–Crippen LogP) is 2.34. The molecular weight excluding hydrogens is 256 g/mol. The molecule has 3 nitrogen and oxygen atoms in total. The van der Waals surface area contributed by atoms with Crippen molar-refractivity contribution in [3.63, 3.8) is 0 Å². The first kappa shape index (κ1) is 15.0. The van der Waals surface area contributed by atoms with E-state index in [0.717, 1.165) is 19.5 Å². The fourth-order valence-electron chi connectivity index (χ4n) is 2.81. The summed E-state index contributed by atoms with van der Waals surface area (Å²) in [5, 5.41) is 8.89. The lowest BCUT2D eigenvalue weighted by atomic mass is 10.0. The van der Waals surface area contributed by atoms with E-state index in [1.807, 2.05) is 11.3 Å². The monoisotopic (exact) mass is 282 g/mol. The molecule has 0 saturated carbocycles. The minimum atomic E-state index is 0.306. The van der Waals surface area contributed by atoms with Gasteiger partial charge in [-0.05, 0) is 45.4 Å². The molecule has 0 unspecified atom stereocenters. The summed E-state index contributed by atoms with van der Waals surface area (Å²) in [6, 6.07) is 5.18. The van der Waals surface area contributed by atoms with Crippen molar-refractivity contribution in [1.82, 2.24) is 9.80 Å². The third-order valence-corrected chi connectivity index (χ3v) is 5.01. The van der Waals surface area contributed by atoms with Crippen LogP contribution >= 0.6 is 11.3 Å². The van der Waals surface area contributed by atoms with Crippen molar-refractivity contribution in [1.29, 1.82) is 0 Å². The zero-order chi connectivity index (χ0) is 13.7. The third-order valence-electron chi connectivity index (χ3n) is 4.02. The molecule has 19 heavy (non-hydrogen) atoms. The topological polar surface area (TPSA) is 26.7 Å². The Hall–Kier alpha value is -0.420. The van der Waals surface area contributed by atoms with Crippen molar-refractivity contribution in [2.24, 2.45) is 0 Å². The van der Waals surface area contributed by atoms with Crippen LogP contribution < -0.4 is 0 Å². The summed E-state index contributed by atoms with van der Waals surface area (Å²) < 4.78 is 0. The fourth-order valence-corrected chi connectivity index (χ4v) is 3.74. The highest BCUT2D eigenvalue weighted by Crippen LogP contribution is 2.21. The molecule has 0 aliphatic carbocycles. The van der Waals surface area contributed by atoms with Crippen molar-refractivity contribution in [3.8, 4) is 0 Å². The lowest BCUT2D eigenvalue weighted by Crippen LogP contribution is -2.43. The van der Waals surface area contributed by atoms with Crippen LogP contribution in [0.15, 0.2) is 12.1 Å². The average molecular weight is 282 g/mol. The van der Waals surface area contributed by atoms with Crippen molar-refractivity contribution < 1.29 is 5.11 Å². The van der Waals surface area contributed by atoms with Gasteiger partial charge in [-0.3, -0.25) is 4.90 Å². The van der Waals surface area contributed by atoms with Gasteiger partial charge < -0.3 is 10.0 Å². The minimum absolute atomic E-state index is 0.306. The molecule has 0 bridgehead atoms. The van der Waals surface area contributed by atoms with E-state index in [4.69, 9.17) is 5.11 Å². The molecule has 1 aliphatic rings. The zero-order valence-electron chi connectivity index (χ0n) is 12.1. The highest BCUT2D eigenvalue weighted by molar-refractivity contribution is 7.11. The number of aryl methyl sites for hydroxylation is 1. The number of aliphatic hydroxyl groups excluding tert-OH is 1. The first-order valence-electron chi connectivity index (χ1n) is 7.28. The summed E-state index contributed by atoms with van der Waals surface area (Å²) in [6.07, 6.45) is 3.41. The fraction of sp³-hybridized carbons (Fsp3) is 0.733. The van der Waals surface area contributed by atoms with Crippen LogP contribution in [-0.4, -0.2) is 54.2 Å². The van der Waals surface area contributed by atoms with Crippen LogP contribution in [0, 0.1) is 6.92 Å². The van der Waals surface area contributed by atoms with Gasteiger partial charge in [-0.2, -0.15) is 0 Å². The highest BCUT2D eigenvalue weighted by Gasteiger charge is 2.22. The summed E-state index contributed by atoms with van der Waals surface area (Å²) in [5.74, 6) is 0. The van der Waals surface area contributed by atoms with Gasteiger partial charge in [0.05, 0.1) is 0 Å². The summed E-state index contributed by atoms with van der Waals surface area (Å²) in [5.41, 5.74) is 0. The maximum absolute atomic E-state index is 8.89. The first-order chi connectivity index (χ1) is 9.19. The molecule has 1 aromatic rings. The summed E-state index contributed by atoms with van der Waals surface area (Å²) >= 11 is 1.92. The molecule has 0 aromatic carbocycles. The number of aliphatic hydroxyl groups is 1. The standard InChI is InChI=1S/C15H26N2OS/c1-13-4-5-15(19-13)12-17-9-6-14(7-10-17)16(2)8-3-11-18/h4-5,14,18H,3,6-12H2,1-2H3. The Labute approximate surface area is 120 Å². The predicted molar refractivity (Wildman–Crippen MR) is 81.7 cm³/mol. The van der Waals surface area contributed by atoms with Gasteiger partial charge in [0.25, 0.3) is 0 Å². The van der Waals surface area contributed by atoms with Crippen molar-refractivity contribution in [2.45, 2.75) is 38.8 Å². The van der Waals surface area contributed by atoms with Crippen LogP contribution in [-0.2, 0) is 6.54 Å². The lowest BCUT2D eigenvalue weighted by Gasteiger charge is -2.36. The Morgan fingerprint density at radius 3 is 2.68 bits per heavy atom. The van der Waals surface area contributed by atoms with Gasteiger partial charge in [-0.1, -0.05) is 0 Å². The molecule has 0 amide bonds. The summed E-state index contributed by atoms with van der Waals surface area (Å²) in [6.45, 7) is 7.02. The number of thiophene rings is 1. The van der Waals surface area contributed by atoms with Gasteiger partial charge in [-0.15, -0.1) is 11.3 Å². The Bertz CT molecular complexity index is 372. The lowest BCUT2D eigenvalue weighted by molar-refractivity contribution is 0.118. The molecular formula is C15H26N2OS. The molecule has 1 N–H and O–H groups in total. The molecule has 1 aliphatic heterocycles. The van der Waals surface area contributed by atoms with Crippen LogP contribution in [0.4, 0.5) is 0 Å². The van der Waals surface area contributed by atoms with Crippen LogP contribution in [0.1, 0.15) is 29.0 Å². The minimum Gasteiger partial charge on any atom is -0.396 e. The Morgan fingerprint density at radius 1 is 1.37 bits per heavy atom. The van der Waals surface area contributed by atoms with Gasteiger partial charge in [0.15, 0.2) is 0 Å². The van der Waals surface area contributed by atoms with E-state index in [9.17, 15) is 0 Å². The average Bonchev–Trinajstić information content (AvgIpc) is 2.82. The van der Waals surface area contributed by atoms with E-state index in [1.54, 1.807) is 0 Å². The molecule has 2 heterocycles. The van der Waals surface area contributed by atoms with E-state index in [1.165, 1.54) is 35.7 Å². The normalized spacial score (nSPS) is 18.3. The van der Waals surface area contributed by atoms with Crippen molar-refractivity contribution in [3.05, 3.63) is 21.9 Å². The van der Waals surface area contributed by atoms with E-state index in [-0.39, 0.29) is 0 Å². The molecule has 1 fully saturated rings.